The van der Waals surface area contributed by atoms with Gasteiger partial charge in [0.1, 0.15) is 5.75 Å². The molecular formula is C27H36F3N7O2. The van der Waals surface area contributed by atoms with E-state index < -0.39 is 17.6 Å². The second-order valence-electron chi connectivity index (χ2n) is 9.18. The number of carbonyl (C=O) groups is 1. The Morgan fingerprint density at radius 2 is 1.92 bits per heavy atom. The number of halogens is 3. The summed E-state index contributed by atoms with van der Waals surface area (Å²) in [5.74, 6) is 5.28. The Morgan fingerprint density at radius 1 is 1.26 bits per heavy atom. The molecule has 0 aliphatic rings. The third-order valence-electron chi connectivity index (χ3n) is 5.98. The second-order valence-corrected chi connectivity index (χ2v) is 9.18. The molecule has 6 N–H and O–H groups in total. The van der Waals surface area contributed by atoms with Crippen molar-refractivity contribution < 1.29 is 22.7 Å². The summed E-state index contributed by atoms with van der Waals surface area (Å²) in [6.45, 7) is 9.62. The molecule has 0 unspecified atom stereocenters. The van der Waals surface area contributed by atoms with Crippen LogP contribution in [-0.2, 0) is 12.7 Å². The summed E-state index contributed by atoms with van der Waals surface area (Å²) < 4.78 is 46.9. The Kier molecular flexibility index (Phi) is 10.5. The number of nitrogens with one attached hydrogen (secondary N) is 2. The topological polar surface area (TPSA) is 121 Å². The molecule has 212 valence electrons. The van der Waals surface area contributed by atoms with Crippen LogP contribution in [0.4, 0.5) is 24.5 Å². The highest BCUT2D eigenvalue weighted by atomic mass is 19.4. The Bertz CT molecular complexity index is 1260. The van der Waals surface area contributed by atoms with Crippen LogP contribution in [0.3, 0.4) is 0 Å². The molecule has 0 aliphatic carbocycles. The smallest absolute Gasteiger partial charge is 0.420 e. The highest BCUT2D eigenvalue weighted by molar-refractivity contribution is 6.05. The zero-order valence-corrected chi connectivity index (χ0v) is 23.0. The van der Waals surface area contributed by atoms with E-state index in [1.54, 1.807) is 33.2 Å². The SMILES string of the molecule is C=C(/C=N\NC)/C(N)=C/N(N)c1cc(C(=O)Nc2cc(CN(C)C(C)C)c(OC)c(C(F)(F)F)c2)ccc1C. The Morgan fingerprint density at radius 3 is 2.49 bits per heavy atom. The maximum Gasteiger partial charge on any atom is 0.420 e. The number of nitrogens with two attached hydrogens (primary N) is 2. The zero-order valence-electron chi connectivity index (χ0n) is 23.0. The van der Waals surface area contributed by atoms with Crippen molar-refractivity contribution >= 4 is 23.5 Å². The van der Waals surface area contributed by atoms with Crippen molar-refractivity contribution in [3.63, 3.8) is 0 Å². The first-order valence-corrected chi connectivity index (χ1v) is 12.0. The molecule has 0 heterocycles. The minimum Gasteiger partial charge on any atom is -0.496 e. The average molecular weight is 548 g/mol. The molecule has 2 rings (SSSR count). The van der Waals surface area contributed by atoms with Crippen LogP contribution >= 0.6 is 0 Å². The van der Waals surface area contributed by atoms with E-state index in [1.807, 2.05) is 18.7 Å². The molecule has 0 saturated heterocycles. The fourth-order valence-electron chi connectivity index (χ4n) is 3.53. The first kappa shape index (κ1) is 31.2. The van der Waals surface area contributed by atoms with E-state index >= 15 is 0 Å². The van der Waals surface area contributed by atoms with Gasteiger partial charge in [-0.1, -0.05) is 12.6 Å². The van der Waals surface area contributed by atoms with E-state index in [9.17, 15) is 18.0 Å². The number of methoxy groups -OCH3 is 1. The minimum atomic E-state index is -4.69. The quantitative estimate of drug-likeness (QED) is 0.143. The predicted octanol–water partition coefficient (Wildman–Crippen LogP) is 4.36. The van der Waals surface area contributed by atoms with Gasteiger partial charge < -0.3 is 21.2 Å². The number of hydrazine groups is 1. The Labute approximate surface area is 226 Å². The van der Waals surface area contributed by atoms with E-state index in [-0.39, 0.29) is 35.3 Å². The maximum absolute atomic E-state index is 13.9. The number of hydrogen-bond donors (Lipinski definition) is 4. The number of allylic oxidation sites excluding steroid dienone is 1. The molecule has 0 aliphatic heterocycles. The zero-order chi connectivity index (χ0) is 29.5. The van der Waals surface area contributed by atoms with Gasteiger partial charge in [-0.3, -0.25) is 14.7 Å². The summed E-state index contributed by atoms with van der Waals surface area (Å²) in [5, 5.41) is 7.65. The number of ether oxygens (including phenoxy) is 1. The van der Waals surface area contributed by atoms with Gasteiger partial charge in [0, 0.05) is 48.2 Å². The summed E-state index contributed by atoms with van der Waals surface area (Å²) in [7, 11) is 4.61. The molecule has 0 atom stereocenters. The summed E-state index contributed by atoms with van der Waals surface area (Å²) in [4.78, 5) is 15.0. The normalized spacial score (nSPS) is 12.3. The van der Waals surface area contributed by atoms with Crippen molar-refractivity contribution in [1.29, 1.82) is 0 Å². The number of hydrazone groups is 1. The Hall–Kier alpha value is -4.03. The number of anilines is 2. The van der Waals surface area contributed by atoms with Crippen LogP contribution in [0.2, 0.25) is 0 Å². The molecule has 9 nitrogen and oxygen atoms in total. The van der Waals surface area contributed by atoms with Gasteiger partial charge in [0.15, 0.2) is 0 Å². The van der Waals surface area contributed by atoms with Crippen molar-refractivity contribution in [2.24, 2.45) is 16.7 Å². The third-order valence-corrected chi connectivity index (χ3v) is 5.98. The van der Waals surface area contributed by atoms with Crippen LogP contribution in [-0.4, -0.2) is 44.3 Å². The van der Waals surface area contributed by atoms with Gasteiger partial charge in [-0.15, -0.1) is 0 Å². The lowest BCUT2D eigenvalue weighted by Crippen LogP contribution is -2.27. The fourth-order valence-corrected chi connectivity index (χ4v) is 3.53. The van der Waals surface area contributed by atoms with Gasteiger partial charge in [-0.2, -0.15) is 18.3 Å². The summed E-state index contributed by atoms with van der Waals surface area (Å²) >= 11 is 0. The molecule has 1 amide bonds. The fraction of sp³-hybridized carbons (Fsp3) is 0.333. The summed E-state index contributed by atoms with van der Waals surface area (Å²) in [5.41, 5.74) is 9.92. The summed E-state index contributed by atoms with van der Waals surface area (Å²) in [6.07, 6.45) is -1.85. The van der Waals surface area contributed by atoms with Gasteiger partial charge >= 0.3 is 6.18 Å². The lowest BCUT2D eigenvalue weighted by atomic mass is 10.0. The van der Waals surface area contributed by atoms with Crippen LogP contribution in [0, 0.1) is 6.92 Å². The first-order valence-electron chi connectivity index (χ1n) is 12.0. The van der Waals surface area contributed by atoms with E-state index in [4.69, 9.17) is 16.3 Å². The maximum atomic E-state index is 13.9. The number of nitrogens with zero attached hydrogens (tertiary/aromatic N) is 3. The van der Waals surface area contributed by atoms with Gasteiger partial charge in [0.25, 0.3) is 5.91 Å². The lowest BCUT2D eigenvalue weighted by molar-refractivity contribution is -0.138. The van der Waals surface area contributed by atoms with Crippen LogP contribution < -0.4 is 32.1 Å². The molecule has 0 bridgehead atoms. The van der Waals surface area contributed by atoms with Gasteiger partial charge in [0.2, 0.25) is 0 Å². The van der Waals surface area contributed by atoms with Crippen molar-refractivity contribution in [1.82, 2.24) is 10.3 Å². The van der Waals surface area contributed by atoms with E-state index in [0.717, 1.165) is 11.6 Å². The molecule has 12 heteroatoms. The molecule has 39 heavy (non-hydrogen) atoms. The second kappa shape index (κ2) is 13.2. The standard InChI is InChI=1S/C27H36F3N7O2/c1-16(2)36(6)14-20-10-21(12-22(25(20)39-7)27(28,29)30)35-26(38)19-9-8-17(3)24(11-19)37(32)15-23(31)18(4)13-34-33-5/h8-13,15-16,33H,4,14,31-32H2,1-3,5-7H3,(H,35,38)/b23-15-,34-13-. The van der Waals surface area contributed by atoms with E-state index in [2.05, 4.69) is 22.4 Å². The van der Waals surface area contributed by atoms with Crippen molar-refractivity contribution in [3.05, 3.63) is 76.6 Å². The highest BCUT2D eigenvalue weighted by Gasteiger charge is 2.36. The third kappa shape index (κ3) is 8.23. The number of rotatable bonds is 11. The molecule has 0 fully saturated rings. The van der Waals surface area contributed by atoms with Crippen LogP contribution in [0.5, 0.6) is 5.75 Å². The number of carbonyl (C=O) groups excluding carboxylic acids is 1. The molecule has 0 aromatic heterocycles. The van der Waals surface area contributed by atoms with E-state index in [0.29, 0.717) is 16.8 Å². The molecule has 0 radical (unpaired) electrons. The molecule has 0 spiro atoms. The van der Waals surface area contributed by atoms with Crippen LogP contribution in [0.25, 0.3) is 0 Å². The van der Waals surface area contributed by atoms with Crippen LogP contribution in [0.15, 0.2) is 59.5 Å². The highest BCUT2D eigenvalue weighted by Crippen LogP contribution is 2.41. The average Bonchev–Trinajstić information content (AvgIpc) is 2.86. The number of benzene rings is 2. The first-order chi connectivity index (χ1) is 18.2. The van der Waals surface area contributed by atoms with Crippen molar-refractivity contribution in [2.75, 3.05) is 31.5 Å². The molecule has 2 aromatic carbocycles. The number of amides is 1. The van der Waals surface area contributed by atoms with Gasteiger partial charge in [-0.25, -0.2) is 5.84 Å². The molecular weight excluding hydrogens is 511 g/mol. The molecule has 2 aromatic rings. The number of aryl methyl sites for hydroxylation is 1. The monoisotopic (exact) mass is 547 g/mol. The number of hydrogen-bond acceptors (Lipinski definition) is 8. The largest absolute Gasteiger partial charge is 0.496 e. The van der Waals surface area contributed by atoms with Gasteiger partial charge in [-0.05, 0) is 57.6 Å². The number of alkyl halides is 3. The predicted molar refractivity (Wildman–Crippen MR) is 149 cm³/mol. The summed E-state index contributed by atoms with van der Waals surface area (Å²) in [6, 6.07) is 7.15. The minimum absolute atomic E-state index is 0.0173. The van der Waals surface area contributed by atoms with Crippen LogP contribution in [0.1, 0.15) is 40.9 Å². The van der Waals surface area contributed by atoms with Crippen molar-refractivity contribution in [3.8, 4) is 5.75 Å². The van der Waals surface area contributed by atoms with Crippen molar-refractivity contribution in [2.45, 2.75) is 39.5 Å². The van der Waals surface area contributed by atoms with Gasteiger partial charge in [0.05, 0.1) is 30.3 Å². The lowest BCUT2D eigenvalue weighted by Gasteiger charge is -2.24. The van der Waals surface area contributed by atoms with E-state index in [1.165, 1.54) is 36.7 Å². The Balaban J connectivity index is 2.44. The molecule has 0 saturated carbocycles.